The predicted molar refractivity (Wildman–Crippen MR) is 111 cm³/mol. The molecule has 0 radical (unpaired) electrons. The predicted octanol–water partition coefficient (Wildman–Crippen LogP) is 2.97. The Balaban J connectivity index is 1.64. The van der Waals surface area contributed by atoms with Gasteiger partial charge in [0.1, 0.15) is 11.9 Å². The third kappa shape index (κ3) is 5.06. The summed E-state index contributed by atoms with van der Waals surface area (Å²) in [7, 11) is 0. The van der Waals surface area contributed by atoms with Crippen molar-refractivity contribution in [2.45, 2.75) is 44.5 Å². The van der Waals surface area contributed by atoms with E-state index in [1.54, 1.807) is 16.7 Å². The molecule has 7 heteroatoms. The number of carbonyl (C=O) groups is 2. The molecule has 2 heterocycles. The first-order valence-electron chi connectivity index (χ1n) is 10.2. The number of hydrogen-bond acceptors (Lipinski definition) is 4. The number of carbonyl (C=O) groups excluding carboxylic acids is 2. The summed E-state index contributed by atoms with van der Waals surface area (Å²) in [6, 6.07) is 5.06. The lowest BCUT2D eigenvalue weighted by molar-refractivity contribution is -0.125. The van der Waals surface area contributed by atoms with Crippen LogP contribution >= 0.6 is 11.8 Å². The van der Waals surface area contributed by atoms with Crippen LogP contribution in [0.25, 0.3) is 0 Å². The maximum Gasteiger partial charge on any atom is 0.255 e. The van der Waals surface area contributed by atoms with Gasteiger partial charge in [-0.15, -0.1) is 11.8 Å². The van der Waals surface area contributed by atoms with E-state index in [0.29, 0.717) is 17.9 Å². The van der Waals surface area contributed by atoms with Crippen LogP contribution in [0.4, 0.5) is 4.39 Å². The van der Waals surface area contributed by atoms with Gasteiger partial charge in [-0.05, 0) is 56.1 Å². The quantitative estimate of drug-likeness (QED) is 0.788. The third-order valence-corrected chi connectivity index (χ3v) is 7.03. The van der Waals surface area contributed by atoms with E-state index < -0.39 is 6.04 Å². The maximum atomic E-state index is 13.2. The largest absolute Gasteiger partial charge is 0.353 e. The Labute approximate surface area is 171 Å². The van der Waals surface area contributed by atoms with E-state index in [-0.39, 0.29) is 28.9 Å². The molecular weight excluding hydrogens is 377 g/mol. The highest BCUT2D eigenvalue weighted by Gasteiger charge is 2.42. The third-order valence-electron chi connectivity index (χ3n) is 5.41. The molecule has 1 aromatic carbocycles. The van der Waals surface area contributed by atoms with Crippen molar-refractivity contribution in [3.8, 4) is 0 Å². The number of thioether (sulfide) groups is 1. The Morgan fingerprint density at radius 1 is 1.18 bits per heavy atom. The molecule has 0 unspecified atom stereocenters. The molecule has 0 bridgehead atoms. The molecule has 1 N–H and O–H groups in total. The molecule has 3 rings (SSSR count). The van der Waals surface area contributed by atoms with Gasteiger partial charge in [0.05, 0.1) is 5.37 Å². The number of piperidine rings is 1. The van der Waals surface area contributed by atoms with E-state index in [9.17, 15) is 14.0 Å². The first-order valence-corrected chi connectivity index (χ1v) is 11.2. The van der Waals surface area contributed by atoms with Gasteiger partial charge in [-0.2, -0.15) is 0 Å². The second kappa shape index (κ2) is 9.74. The molecule has 0 aliphatic carbocycles. The topological polar surface area (TPSA) is 52.7 Å². The van der Waals surface area contributed by atoms with Crippen LogP contribution in [-0.2, 0) is 4.79 Å². The Kier molecular flexibility index (Phi) is 7.35. The Hall–Kier alpha value is -1.60. The fourth-order valence-electron chi connectivity index (χ4n) is 3.88. The number of halogens is 1. The molecule has 1 aromatic rings. The number of hydrogen-bond donors (Lipinski definition) is 1. The van der Waals surface area contributed by atoms with Crippen molar-refractivity contribution in [2.75, 3.05) is 31.9 Å². The summed E-state index contributed by atoms with van der Waals surface area (Å²) >= 11 is 1.64. The van der Waals surface area contributed by atoms with Crippen LogP contribution in [-0.4, -0.2) is 65.0 Å². The Bertz CT molecular complexity index is 677. The van der Waals surface area contributed by atoms with Crippen LogP contribution in [0, 0.1) is 11.7 Å². The lowest BCUT2D eigenvalue weighted by atomic mass is 10.1. The van der Waals surface area contributed by atoms with Crippen molar-refractivity contribution in [2.24, 2.45) is 5.92 Å². The van der Waals surface area contributed by atoms with E-state index in [1.807, 2.05) is 0 Å². The first-order chi connectivity index (χ1) is 13.5. The minimum Gasteiger partial charge on any atom is -0.353 e. The molecule has 2 aliphatic rings. The molecule has 2 aliphatic heterocycles. The fourth-order valence-corrected chi connectivity index (χ4v) is 5.36. The van der Waals surface area contributed by atoms with Crippen LogP contribution in [0.15, 0.2) is 24.3 Å². The lowest BCUT2D eigenvalue weighted by Gasteiger charge is -2.31. The van der Waals surface area contributed by atoms with E-state index in [4.69, 9.17) is 0 Å². The molecule has 0 spiro atoms. The van der Waals surface area contributed by atoms with Gasteiger partial charge in [0, 0.05) is 24.4 Å². The normalized spacial score (nSPS) is 23.2. The van der Waals surface area contributed by atoms with Crippen molar-refractivity contribution in [3.05, 3.63) is 35.6 Å². The molecule has 0 saturated carbocycles. The van der Waals surface area contributed by atoms with E-state index in [0.717, 1.165) is 19.6 Å². The first kappa shape index (κ1) is 21.1. The Morgan fingerprint density at radius 2 is 1.86 bits per heavy atom. The van der Waals surface area contributed by atoms with Crippen molar-refractivity contribution in [1.29, 1.82) is 0 Å². The molecule has 2 amide bonds. The molecule has 2 fully saturated rings. The summed E-state index contributed by atoms with van der Waals surface area (Å²) in [5.41, 5.74) is 0.417. The van der Waals surface area contributed by atoms with Crippen LogP contribution in [0.1, 0.15) is 43.5 Å². The highest BCUT2D eigenvalue weighted by Crippen LogP contribution is 2.35. The smallest absolute Gasteiger partial charge is 0.255 e. The SMILES string of the molecule is CC(C)[C@H]1SC[C@@H](C(=O)NCCN2CCCCC2)N1C(=O)c1ccc(F)cc1. The zero-order valence-corrected chi connectivity index (χ0v) is 17.5. The molecule has 5 nitrogen and oxygen atoms in total. The highest BCUT2D eigenvalue weighted by molar-refractivity contribution is 8.00. The van der Waals surface area contributed by atoms with Crippen molar-refractivity contribution >= 4 is 23.6 Å². The number of nitrogens with one attached hydrogen (secondary N) is 1. The van der Waals surface area contributed by atoms with Gasteiger partial charge < -0.3 is 15.1 Å². The number of rotatable bonds is 6. The van der Waals surface area contributed by atoms with E-state index in [2.05, 4.69) is 24.1 Å². The molecule has 28 heavy (non-hydrogen) atoms. The second-order valence-corrected chi connectivity index (χ2v) is 9.05. The lowest BCUT2D eigenvalue weighted by Crippen LogP contribution is -2.51. The van der Waals surface area contributed by atoms with Gasteiger partial charge in [-0.1, -0.05) is 20.3 Å². The van der Waals surface area contributed by atoms with Gasteiger partial charge in [-0.3, -0.25) is 9.59 Å². The van der Waals surface area contributed by atoms with Gasteiger partial charge in [0.2, 0.25) is 5.91 Å². The summed E-state index contributed by atoms with van der Waals surface area (Å²) < 4.78 is 13.2. The van der Waals surface area contributed by atoms with Crippen molar-refractivity contribution in [1.82, 2.24) is 15.1 Å². The average molecular weight is 408 g/mol. The molecular formula is C21H30FN3O2S. The number of likely N-dealkylation sites (tertiary alicyclic amines) is 1. The molecule has 154 valence electrons. The number of nitrogens with zero attached hydrogens (tertiary/aromatic N) is 2. The maximum absolute atomic E-state index is 13.2. The van der Waals surface area contributed by atoms with Crippen LogP contribution in [0.5, 0.6) is 0 Å². The monoisotopic (exact) mass is 407 g/mol. The summed E-state index contributed by atoms with van der Waals surface area (Å²) in [6.45, 7) is 7.76. The van der Waals surface area contributed by atoms with E-state index >= 15 is 0 Å². The van der Waals surface area contributed by atoms with Crippen LogP contribution in [0.3, 0.4) is 0 Å². The minimum absolute atomic E-state index is 0.0598. The van der Waals surface area contributed by atoms with Crippen LogP contribution < -0.4 is 5.32 Å². The van der Waals surface area contributed by atoms with Crippen molar-refractivity contribution in [3.63, 3.8) is 0 Å². The fraction of sp³-hybridized carbons (Fsp3) is 0.619. The minimum atomic E-state index is -0.490. The number of benzene rings is 1. The van der Waals surface area contributed by atoms with Gasteiger partial charge in [-0.25, -0.2) is 4.39 Å². The van der Waals surface area contributed by atoms with Gasteiger partial charge >= 0.3 is 0 Å². The summed E-state index contributed by atoms with van der Waals surface area (Å²) in [4.78, 5) is 30.0. The standard InChI is InChI=1S/C21H30FN3O2S/c1-15(2)21-25(20(27)16-6-8-17(22)9-7-16)18(14-28-21)19(26)23-10-13-24-11-4-3-5-12-24/h6-9,15,18,21H,3-5,10-14H2,1-2H3,(H,23,26)/t18-,21+/m0/s1. The second-order valence-electron chi connectivity index (χ2n) is 7.90. The molecule has 2 saturated heterocycles. The zero-order valence-electron chi connectivity index (χ0n) is 16.7. The van der Waals surface area contributed by atoms with Crippen LogP contribution in [0.2, 0.25) is 0 Å². The van der Waals surface area contributed by atoms with E-state index in [1.165, 1.54) is 43.5 Å². The Morgan fingerprint density at radius 3 is 2.50 bits per heavy atom. The molecule has 2 atom stereocenters. The summed E-state index contributed by atoms with van der Waals surface area (Å²) in [5, 5.41) is 2.97. The highest BCUT2D eigenvalue weighted by atomic mass is 32.2. The van der Waals surface area contributed by atoms with Crippen molar-refractivity contribution < 1.29 is 14.0 Å². The summed E-state index contributed by atoms with van der Waals surface area (Å²) in [5.74, 6) is 0.133. The summed E-state index contributed by atoms with van der Waals surface area (Å²) in [6.07, 6.45) is 3.74. The van der Waals surface area contributed by atoms with Gasteiger partial charge in [0.15, 0.2) is 0 Å². The zero-order chi connectivity index (χ0) is 20.1. The average Bonchev–Trinajstić information content (AvgIpc) is 3.14. The molecule has 0 aromatic heterocycles. The van der Waals surface area contributed by atoms with Gasteiger partial charge in [0.25, 0.3) is 5.91 Å². The number of amides is 2.